The standard InChI is InChI=1S/C12H18O3.C2H6/c1-13-9-3-4-10-15-12-7-5-11(14-2)6-8-12;1-2/h5-8H,3-4,9-10H2,1-2H3;1-2H3. The van der Waals surface area contributed by atoms with Crippen molar-refractivity contribution in [3.63, 3.8) is 0 Å². The molecule has 0 aliphatic heterocycles. The van der Waals surface area contributed by atoms with Gasteiger partial charge in [0.05, 0.1) is 13.7 Å². The van der Waals surface area contributed by atoms with E-state index in [0.29, 0.717) is 0 Å². The minimum atomic E-state index is 0.732. The van der Waals surface area contributed by atoms with Crippen molar-refractivity contribution in [2.24, 2.45) is 0 Å². The van der Waals surface area contributed by atoms with Gasteiger partial charge in [-0.05, 0) is 37.1 Å². The lowest BCUT2D eigenvalue weighted by molar-refractivity contribution is 0.184. The first-order valence-corrected chi connectivity index (χ1v) is 6.12. The highest BCUT2D eigenvalue weighted by Crippen LogP contribution is 2.17. The van der Waals surface area contributed by atoms with Gasteiger partial charge in [0, 0.05) is 13.7 Å². The summed E-state index contributed by atoms with van der Waals surface area (Å²) in [5, 5.41) is 0. The fraction of sp³-hybridized carbons (Fsp3) is 0.571. The zero-order valence-electron chi connectivity index (χ0n) is 11.4. The monoisotopic (exact) mass is 240 g/mol. The zero-order valence-corrected chi connectivity index (χ0v) is 11.4. The molecule has 0 atom stereocenters. The second-order valence-corrected chi connectivity index (χ2v) is 3.22. The van der Waals surface area contributed by atoms with Gasteiger partial charge in [0.2, 0.25) is 0 Å². The van der Waals surface area contributed by atoms with Crippen LogP contribution in [0.4, 0.5) is 0 Å². The molecule has 0 N–H and O–H groups in total. The first-order chi connectivity index (χ1) is 8.36. The average molecular weight is 240 g/mol. The molecule has 0 amide bonds. The van der Waals surface area contributed by atoms with Gasteiger partial charge in [-0.3, -0.25) is 0 Å². The van der Waals surface area contributed by atoms with Crippen LogP contribution in [0.1, 0.15) is 26.7 Å². The smallest absolute Gasteiger partial charge is 0.119 e. The van der Waals surface area contributed by atoms with E-state index >= 15 is 0 Å². The van der Waals surface area contributed by atoms with Gasteiger partial charge < -0.3 is 14.2 Å². The third-order valence-corrected chi connectivity index (χ3v) is 2.07. The second-order valence-electron chi connectivity index (χ2n) is 3.22. The van der Waals surface area contributed by atoms with Crippen LogP contribution in [0, 0.1) is 0 Å². The summed E-state index contributed by atoms with van der Waals surface area (Å²) in [5.74, 6) is 1.73. The van der Waals surface area contributed by atoms with E-state index in [2.05, 4.69) is 0 Å². The highest BCUT2D eigenvalue weighted by Gasteiger charge is 1.94. The van der Waals surface area contributed by atoms with Crippen molar-refractivity contribution in [2.75, 3.05) is 27.4 Å². The molecule has 98 valence electrons. The number of ether oxygens (including phenoxy) is 3. The molecular formula is C14H24O3. The summed E-state index contributed by atoms with van der Waals surface area (Å²) in [6.45, 7) is 5.53. The Morgan fingerprint density at radius 2 is 1.35 bits per heavy atom. The molecule has 0 radical (unpaired) electrons. The minimum absolute atomic E-state index is 0.732. The first kappa shape index (κ1) is 15.8. The Hall–Kier alpha value is -1.22. The molecule has 0 heterocycles. The third-order valence-electron chi connectivity index (χ3n) is 2.07. The number of unbranched alkanes of at least 4 members (excludes halogenated alkanes) is 1. The van der Waals surface area contributed by atoms with E-state index in [0.717, 1.165) is 37.6 Å². The molecule has 1 aromatic rings. The van der Waals surface area contributed by atoms with E-state index in [1.807, 2.05) is 38.1 Å². The fourth-order valence-corrected chi connectivity index (χ4v) is 1.21. The van der Waals surface area contributed by atoms with Crippen LogP contribution in [-0.4, -0.2) is 27.4 Å². The Kier molecular flexibility index (Phi) is 10.5. The van der Waals surface area contributed by atoms with Crippen LogP contribution in [0.15, 0.2) is 24.3 Å². The van der Waals surface area contributed by atoms with Crippen molar-refractivity contribution >= 4 is 0 Å². The predicted molar refractivity (Wildman–Crippen MR) is 70.9 cm³/mol. The van der Waals surface area contributed by atoms with Crippen molar-refractivity contribution in [3.8, 4) is 11.5 Å². The Morgan fingerprint density at radius 1 is 0.824 bits per heavy atom. The molecule has 17 heavy (non-hydrogen) atoms. The topological polar surface area (TPSA) is 27.7 Å². The van der Waals surface area contributed by atoms with Crippen molar-refractivity contribution in [2.45, 2.75) is 26.7 Å². The Balaban J connectivity index is 0.00000121. The highest BCUT2D eigenvalue weighted by molar-refractivity contribution is 5.30. The van der Waals surface area contributed by atoms with Gasteiger partial charge in [0.1, 0.15) is 11.5 Å². The van der Waals surface area contributed by atoms with Gasteiger partial charge >= 0.3 is 0 Å². The molecule has 1 aromatic carbocycles. The van der Waals surface area contributed by atoms with Crippen LogP contribution in [0.3, 0.4) is 0 Å². The Bertz CT molecular complexity index is 257. The molecule has 0 aliphatic carbocycles. The lowest BCUT2D eigenvalue weighted by atomic mass is 10.3. The van der Waals surface area contributed by atoms with Gasteiger partial charge in [-0.1, -0.05) is 13.8 Å². The molecule has 0 saturated carbocycles. The summed E-state index contributed by atoms with van der Waals surface area (Å²) in [4.78, 5) is 0. The molecule has 0 spiro atoms. The van der Waals surface area contributed by atoms with Crippen molar-refractivity contribution in [3.05, 3.63) is 24.3 Å². The maximum absolute atomic E-state index is 5.54. The predicted octanol–water partition coefficient (Wildman–Crippen LogP) is 3.53. The largest absolute Gasteiger partial charge is 0.497 e. The molecule has 0 aromatic heterocycles. The maximum atomic E-state index is 5.54. The molecule has 1 rings (SSSR count). The molecule has 0 fully saturated rings. The third kappa shape index (κ3) is 7.64. The fourth-order valence-electron chi connectivity index (χ4n) is 1.21. The first-order valence-electron chi connectivity index (χ1n) is 6.12. The van der Waals surface area contributed by atoms with Crippen molar-refractivity contribution in [1.29, 1.82) is 0 Å². The molecular weight excluding hydrogens is 216 g/mol. The summed E-state index contributed by atoms with van der Waals surface area (Å²) < 4.78 is 15.5. The normalized spacial score (nSPS) is 9.18. The average Bonchev–Trinajstić information content (AvgIpc) is 2.41. The summed E-state index contributed by atoms with van der Waals surface area (Å²) in [6, 6.07) is 7.61. The highest BCUT2D eigenvalue weighted by atomic mass is 16.5. The minimum Gasteiger partial charge on any atom is -0.497 e. The lowest BCUT2D eigenvalue weighted by Crippen LogP contribution is -1.99. The van der Waals surface area contributed by atoms with E-state index in [4.69, 9.17) is 14.2 Å². The number of hydrogen-bond acceptors (Lipinski definition) is 3. The zero-order chi connectivity index (χ0) is 12.9. The Morgan fingerprint density at radius 3 is 1.88 bits per heavy atom. The molecule has 3 nitrogen and oxygen atoms in total. The van der Waals surface area contributed by atoms with E-state index in [-0.39, 0.29) is 0 Å². The van der Waals surface area contributed by atoms with Crippen LogP contribution in [-0.2, 0) is 4.74 Å². The van der Waals surface area contributed by atoms with Gasteiger partial charge in [-0.25, -0.2) is 0 Å². The van der Waals surface area contributed by atoms with E-state index in [1.54, 1.807) is 14.2 Å². The van der Waals surface area contributed by atoms with Crippen molar-refractivity contribution < 1.29 is 14.2 Å². The molecule has 3 heteroatoms. The second kappa shape index (κ2) is 11.3. The van der Waals surface area contributed by atoms with E-state index < -0.39 is 0 Å². The van der Waals surface area contributed by atoms with E-state index in [9.17, 15) is 0 Å². The quantitative estimate of drug-likeness (QED) is 0.682. The van der Waals surface area contributed by atoms with Crippen LogP contribution < -0.4 is 9.47 Å². The number of hydrogen-bond donors (Lipinski definition) is 0. The summed E-state index contributed by atoms with van der Waals surface area (Å²) in [7, 11) is 3.37. The Labute approximate surface area is 105 Å². The summed E-state index contributed by atoms with van der Waals surface area (Å²) in [5.41, 5.74) is 0. The van der Waals surface area contributed by atoms with Crippen LogP contribution in [0.25, 0.3) is 0 Å². The van der Waals surface area contributed by atoms with Crippen LogP contribution >= 0.6 is 0 Å². The molecule has 0 saturated heterocycles. The molecule has 0 aliphatic rings. The molecule has 0 unspecified atom stereocenters. The van der Waals surface area contributed by atoms with Gasteiger partial charge in [-0.2, -0.15) is 0 Å². The SMILES string of the molecule is CC.COCCCCOc1ccc(OC)cc1. The number of rotatable bonds is 7. The van der Waals surface area contributed by atoms with Crippen LogP contribution in [0.2, 0.25) is 0 Å². The molecule has 0 bridgehead atoms. The van der Waals surface area contributed by atoms with Crippen molar-refractivity contribution in [1.82, 2.24) is 0 Å². The summed E-state index contributed by atoms with van der Waals surface area (Å²) >= 11 is 0. The summed E-state index contributed by atoms with van der Waals surface area (Å²) in [6.07, 6.45) is 2.05. The van der Waals surface area contributed by atoms with Gasteiger partial charge in [0.15, 0.2) is 0 Å². The van der Waals surface area contributed by atoms with Gasteiger partial charge in [-0.15, -0.1) is 0 Å². The van der Waals surface area contributed by atoms with Crippen LogP contribution in [0.5, 0.6) is 11.5 Å². The van der Waals surface area contributed by atoms with E-state index in [1.165, 1.54) is 0 Å². The number of benzene rings is 1. The number of methoxy groups -OCH3 is 2. The van der Waals surface area contributed by atoms with Gasteiger partial charge in [0.25, 0.3) is 0 Å². The maximum Gasteiger partial charge on any atom is 0.119 e. The lowest BCUT2D eigenvalue weighted by Gasteiger charge is -2.06.